The predicted octanol–water partition coefficient (Wildman–Crippen LogP) is 1.89. The quantitative estimate of drug-likeness (QED) is 0.553. The molecule has 0 aromatic carbocycles. The molecule has 0 aromatic heterocycles. The molecule has 3 rings (SSSR count). The fraction of sp³-hybridized carbons (Fsp3) is 0.786. The summed E-state index contributed by atoms with van der Waals surface area (Å²) in [6.45, 7) is 1.18. The van der Waals surface area contributed by atoms with Crippen molar-refractivity contribution in [2.45, 2.75) is 31.8 Å². The van der Waals surface area contributed by atoms with Gasteiger partial charge < -0.3 is 14.2 Å². The summed E-state index contributed by atoms with van der Waals surface area (Å²) in [5, 5.41) is 0. The highest BCUT2D eigenvalue weighted by molar-refractivity contribution is 5.69. The Morgan fingerprint density at radius 1 is 1.33 bits per heavy atom. The van der Waals surface area contributed by atoms with Crippen LogP contribution in [0, 0.1) is 17.8 Å². The Morgan fingerprint density at radius 3 is 2.94 bits per heavy atom. The first kappa shape index (κ1) is 12.2. The van der Waals surface area contributed by atoms with Crippen LogP contribution in [0.2, 0.25) is 0 Å². The SMILES string of the molecule is O=C(CCC1CC2C=CC1C2)OCC1COCO1. The highest BCUT2D eigenvalue weighted by atomic mass is 16.7. The molecule has 1 saturated carbocycles. The van der Waals surface area contributed by atoms with Crippen molar-refractivity contribution in [3.05, 3.63) is 12.2 Å². The minimum Gasteiger partial charge on any atom is -0.463 e. The zero-order valence-corrected chi connectivity index (χ0v) is 10.5. The molecule has 2 bridgehead atoms. The number of hydrogen-bond donors (Lipinski definition) is 0. The molecule has 4 unspecified atom stereocenters. The van der Waals surface area contributed by atoms with E-state index in [-0.39, 0.29) is 12.1 Å². The highest BCUT2D eigenvalue weighted by Gasteiger charge is 2.35. The Kier molecular flexibility index (Phi) is 3.66. The number of rotatable bonds is 5. The monoisotopic (exact) mass is 252 g/mol. The number of carbonyl (C=O) groups is 1. The van der Waals surface area contributed by atoms with Gasteiger partial charge in [-0.2, -0.15) is 0 Å². The molecule has 4 heteroatoms. The van der Waals surface area contributed by atoms with Crippen LogP contribution in [-0.4, -0.2) is 32.1 Å². The third-order valence-corrected chi connectivity index (χ3v) is 4.26. The molecule has 18 heavy (non-hydrogen) atoms. The molecule has 1 heterocycles. The van der Waals surface area contributed by atoms with Crippen LogP contribution in [0.3, 0.4) is 0 Å². The lowest BCUT2D eigenvalue weighted by molar-refractivity contribution is -0.147. The van der Waals surface area contributed by atoms with Gasteiger partial charge in [0.1, 0.15) is 19.5 Å². The lowest BCUT2D eigenvalue weighted by atomic mass is 9.89. The molecule has 2 fully saturated rings. The number of esters is 1. The van der Waals surface area contributed by atoms with Gasteiger partial charge in [-0.1, -0.05) is 12.2 Å². The van der Waals surface area contributed by atoms with Crippen LogP contribution >= 0.6 is 0 Å². The topological polar surface area (TPSA) is 44.8 Å². The Bertz CT molecular complexity index is 333. The van der Waals surface area contributed by atoms with Gasteiger partial charge in [-0.15, -0.1) is 0 Å². The summed E-state index contributed by atoms with van der Waals surface area (Å²) in [6, 6.07) is 0. The van der Waals surface area contributed by atoms with Gasteiger partial charge in [0.2, 0.25) is 0 Å². The molecule has 0 spiro atoms. The van der Waals surface area contributed by atoms with Crippen LogP contribution < -0.4 is 0 Å². The van der Waals surface area contributed by atoms with Gasteiger partial charge in [-0.25, -0.2) is 0 Å². The Labute approximate surface area is 107 Å². The summed E-state index contributed by atoms with van der Waals surface area (Å²) in [5.41, 5.74) is 0. The zero-order chi connectivity index (χ0) is 12.4. The third-order valence-electron chi connectivity index (χ3n) is 4.26. The van der Waals surface area contributed by atoms with E-state index in [1.807, 2.05) is 0 Å². The normalized spacial score (nSPS) is 37.3. The van der Waals surface area contributed by atoms with E-state index >= 15 is 0 Å². The average Bonchev–Trinajstić information content (AvgIpc) is 3.09. The second-order valence-electron chi connectivity index (χ2n) is 5.54. The molecule has 1 saturated heterocycles. The van der Waals surface area contributed by atoms with E-state index in [0.29, 0.717) is 32.3 Å². The van der Waals surface area contributed by atoms with E-state index in [0.717, 1.165) is 18.3 Å². The number of carbonyl (C=O) groups excluding carboxylic acids is 1. The van der Waals surface area contributed by atoms with Crippen molar-refractivity contribution in [3.63, 3.8) is 0 Å². The maximum absolute atomic E-state index is 11.6. The summed E-state index contributed by atoms with van der Waals surface area (Å²) in [4.78, 5) is 11.6. The fourth-order valence-electron chi connectivity index (χ4n) is 3.26. The van der Waals surface area contributed by atoms with Crippen molar-refractivity contribution in [1.82, 2.24) is 0 Å². The van der Waals surface area contributed by atoms with Gasteiger partial charge in [0.25, 0.3) is 0 Å². The van der Waals surface area contributed by atoms with Crippen LogP contribution in [0.25, 0.3) is 0 Å². The molecule has 100 valence electrons. The molecule has 2 aliphatic carbocycles. The van der Waals surface area contributed by atoms with Crippen LogP contribution in [0.4, 0.5) is 0 Å². The summed E-state index contributed by atoms with van der Waals surface area (Å²) < 4.78 is 15.5. The van der Waals surface area contributed by atoms with E-state index in [1.54, 1.807) is 0 Å². The Balaban J connectivity index is 1.33. The van der Waals surface area contributed by atoms with Crippen LogP contribution in [0.5, 0.6) is 0 Å². The number of allylic oxidation sites excluding steroid dienone is 2. The Hall–Kier alpha value is -0.870. The second-order valence-corrected chi connectivity index (χ2v) is 5.54. The van der Waals surface area contributed by atoms with Gasteiger partial charge in [-0.3, -0.25) is 4.79 Å². The fourth-order valence-corrected chi connectivity index (χ4v) is 3.26. The lowest BCUT2D eigenvalue weighted by Crippen LogP contribution is -2.21. The van der Waals surface area contributed by atoms with E-state index < -0.39 is 0 Å². The molecular weight excluding hydrogens is 232 g/mol. The second kappa shape index (κ2) is 5.41. The molecule has 0 N–H and O–H groups in total. The lowest BCUT2D eigenvalue weighted by Gasteiger charge is -2.17. The standard InChI is InChI=1S/C14H20O4/c15-14(17-8-13-7-16-9-18-13)4-3-12-6-10-1-2-11(12)5-10/h1-2,10-13H,3-9H2. The number of hydrogen-bond acceptors (Lipinski definition) is 4. The number of ether oxygens (including phenoxy) is 3. The number of fused-ring (bicyclic) bond motifs is 2. The van der Waals surface area contributed by atoms with Gasteiger partial charge in [0.05, 0.1) is 6.61 Å². The molecule has 0 amide bonds. The van der Waals surface area contributed by atoms with Crippen molar-refractivity contribution in [2.24, 2.45) is 17.8 Å². The molecule has 1 aliphatic heterocycles. The van der Waals surface area contributed by atoms with Crippen molar-refractivity contribution < 1.29 is 19.0 Å². The van der Waals surface area contributed by atoms with Gasteiger partial charge in [0, 0.05) is 6.42 Å². The van der Waals surface area contributed by atoms with Crippen LogP contribution in [0.1, 0.15) is 25.7 Å². The largest absolute Gasteiger partial charge is 0.463 e. The molecule has 3 aliphatic rings. The van der Waals surface area contributed by atoms with Gasteiger partial charge in [-0.05, 0) is 37.0 Å². The molecule has 0 aromatic rings. The average molecular weight is 252 g/mol. The highest BCUT2D eigenvalue weighted by Crippen LogP contribution is 2.45. The summed E-state index contributed by atoms with van der Waals surface area (Å²) in [7, 11) is 0. The van der Waals surface area contributed by atoms with Crippen molar-refractivity contribution in [3.8, 4) is 0 Å². The Morgan fingerprint density at radius 2 is 2.28 bits per heavy atom. The summed E-state index contributed by atoms with van der Waals surface area (Å²) in [5.74, 6) is 2.09. The first-order chi connectivity index (χ1) is 8.81. The minimum absolute atomic E-state index is 0.0700. The predicted molar refractivity (Wildman–Crippen MR) is 64.7 cm³/mol. The third kappa shape index (κ3) is 2.75. The molecular formula is C14H20O4. The van der Waals surface area contributed by atoms with Crippen LogP contribution in [-0.2, 0) is 19.0 Å². The molecule has 4 atom stereocenters. The smallest absolute Gasteiger partial charge is 0.305 e. The van der Waals surface area contributed by atoms with Gasteiger partial charge in [0.15, 0.2) is 0 Å². The summed E-state index contributed by atoms with van der Waals surface area (Å²) in [6.07, 6.45) is 8.65. The van der Waals surface area contributed by atoms with Crippen molar-refractivity contribution in [2.75, 3.05) is 20.0 Å². The zero-order valence-electron chi connectivity index (χ0n) is 10.5. The molecule has 4 nitrogen and oxygen atoms in total. The van der Waals surface area contributed by atoms with E-state index in [9.17, 15) is 4.79 Å². The van der Waals surface area contributed by atoms with E-state index in [4.69, 9.17) is 14.2 Å². The van der Waals surface area contributed by atoms with Crippen LogP contribution in [0.15, 0.2) is 12.2 Å². The first-order valence-corrected chi connectivity index (χ1v) is 6.84. The van der Waals surface area contributed by atoms with E-state index in [1.165, 1.54) is 12.8 Å². The van der Waals surface area contributed by atoms with Crippen molar-refractivity contribution >= 4 is 5.97 Å². The first-order valence-electron chi connectivity index (χ1n) is 6.84. The maximum Gasteiger partial charge on any atom is 0.305 e. The van der Waals surface area contributed by atoms with Crippen molar-refractivity contribution in [1.29, 1.82) is 0 Å². The molecule has 0 radical (unpaired) electrons. The minimum atomic E-state index is -0.0998. The van der Waals surface area contributed by atoms with E-state index in [2.05, 4.69) is 12.2 Å². The maximum atomic E-state index is 11.6. The van der Waals surface area contributed by atoms with Gasteiger partial charge >= 0.3 is 5.97 Å². The summed E-state index contributed by atoms with van der Waals surface area (Å²) >= 11 is 0.